The molecule has 0 bridgehead atoms. The third kappa shape index (κ3) is 3.19. The standard InChI is InChI=1S/C19H16N4O3S2/c1-10-14(28-16(20-10)11-6-7-27-9-11)15(24)21-13-5-3-4-12(8-13)19(2)17(25)22-18(26)23-19/h3-9H,1-2H3,(H,21,24)(H2,22,23,25,26). The normalized spacial score (nSPS) is 18.6. The van der Waals surface area contributed by atoms with Crippen molar-refractivity contribution in [2.75, 3.05) is 5.32 Å². The van der Waals surface area contributed by atoms with Gasteiger partial charge in [0.2, 0.25) is 0 Å². The number of thiazole rings is 1. The number of hydrogen-bond acceptors (Lipinski definition) is 6. The Bertz CT molecular complexity index is 1090. The molecule has 142 valence electrons. The van der Waals surface area contributed by atoms with Gasteiger partial charge in [0.05, 0.1) is 5.69 Å². The molecule has 2 aromatic heterocycles. The molecule has 1 aliphatic rings. The minimum atomic E-state index is -1.18. The van der Waals surface area contributed by atoms with E-state index >= 15 is 0 Å². The van der Waals surface area contributed by atoms with Crippen LogP contribution < -0.4 is 16.0 Å². The van der Waals surface area contributed by atoms with E-state index in [9.17, 15) is 14.4 Å². The first-order valence-electron chi connectivity index (χ1n) is 8.42. The molecule has 3 heterocycles. The van der Waals surface area contributed by atoms with Gasteiger partial charge in [-0.25, -0.2) is 9.78 Å². The Balaban J connectivity index is 1.58. The number of urea groups is 1. The summed E-state index contributed by atoms with van der Waals surface area (Å²) in [6, 6.07) is 8.30. The van der Waals surface area contributed by atoms with Crippen LogP contribution in [0.5, 0.6) is 0 Å². The molecule has 1 aromatic carbocycles. The Kier molecular flexibility index (Phi) is 4.48. The number of thiophene rings is 1. The van der Waals surface area contributed by atoms with Crippen molar-refractivity contribution in [2.24, 2.45) is 0 Å². The summed E-state index contributed by atoms with van der Waals surface area (Å²) in [6.45, 7) is 3.42. The van der Waals surface area contributed by atoms with Crippen LogP contribution in [0.1, 0.15) is 27.9 Å². The molecule has 1 unspecified atom stereocenters. The number of carbonyl (C=O) groups excluding carboxylic acids is 3. The second-order valence-corrected chi connectivity index (χ2v) is 8.29. The quantitative estimate of drug-likeness (QED) is 0.571. The van der Waals surface area contributed by atoms with Crippen LogP contribution >= 0.6 is 22.7 Å². The number of nitrogens with one attached hydrogen (secondary N) is 3. The Morgan fingerprint density at radius 1 is 1.25 bits per heavy atom. The van der Waals surface area contributed by atoms with E-state index < -0.39 is 17.5 Å². The number of aromatic nitrogens is 1. The molecule has 3 aromatic rings. The lowest BCUT2D eigenvalue weighted by atomic mass is 9.92. The molecule has 0 aliphatic carbocycles. The molecule has 0 saturated carbocycles. The average Bonchev–Trinajstić information content (AvgIpc) is 3.36. The molecular weight excluding hydrogens is 396 g/mol. The third-order valence-electron chi connectivity index (χ3n) is 4.51. The first kappa shape index (κ1) is 18.3. The summed E-state index contributed by atoms with van der Waals surface area (Å²) < 4.78 is 0. The number of benzene rings is 1. The maximum Gasteiger partial charge on any atom is 0.322 e. The molecular formula is C19H16N4O3S2. The molecule has 0 radical (unpaired) electrons. The van der Waals surface area contributed by atoms with E-state index in [1.54, 1.807) is 49.4 Å². The van der Waals surface area contributed by atoms with Crippen molar-refractivity contribution < 1.29 is 14.4 Å². The Morgan fingerprint density at radius 2 is 2.07 bits per heavy atom. The highest BCUT2D eigenvalue weighted by Crippen LogP contribution is 2.31. The lowest BCUT2D eigenvalue weighted by molar-refractivity contribution is -0.123. The van der Waals surface area contributed by atoms with E-state index in [-0.39, 0.29) is 5.91 Å². The van der Waals surface area contributed by atoms with Gasteiger partial charge >= 0.3 is 6.03 Å². The zero-order valence-corrected chi connectivity index (χ0v) is 16.7. The molecule has 3 N–H and O–H groups in total. The number of anilines is 1. The maximum absolute atomic E-state index is 12.8. The summed E-state index contributed by atoms with van der Waals surface area (Å²) in [5, 5.41) is 12.5. The first-order chi connectivity index (χ1) is 13.4. The zero-order valence-electron chi connectivity index (χ0n) is 15.0. The summed E-state index contributed by atoms with van der Waals surface area (Å²) in [6.07, 6.45) is 0. The lowest BCUT2D eigenvalue weighted by Gasteiger charge is -2.21. The van der Waals surface area contributed by atoms with E-state index in [2.05, 4.69) is 20.9 Å². The Labute approximate surface area is 168 Å². The van der Waals surface area contributed by atoms with E-state index in [0.29, 0.717) is 21.8 Å². The van der Waals surface area contributed by atoms with Crippen molar-refractivity contribution in [2.45, 2.75) is 19.4 Å². The smallest absolute Gasteiger partial charge is 0.321 e. The van der Waals surface area contributed by atoms with Gasteiger partial charge in [-0.2, -0.15) is 11.3 Å². The predicted molar refractivity (Wildman–Crippen MR) is 109 cm³/mol. The number of hydrogen-bond donors (Lipinski definition) is 3. The summed E-state index contributed by atoms with van der Waals surface area (Å²) in [4.78, 5) is 41.4. The highest BCUT2D eigenvalue weighted by atomic mass is 32.1. The van der Waals surface area contributed by atoms with Crippen LogP contribution in [0.25, 0.3) is 10.6 Å². The van der Waals surface area contributed by atoms with E-state index in [1.807, 2.05) is 16.8 Å². The molecule has 1 saturated heterocycles. The van der Waals surface area contributed by atoms with Gasteiger partial charge in [-0.15, -0.1) is 11.3 Å². The third-order valence-corrected chi connectivity index (χ3v) is 6.40. The fourth-order valence-electron chi connectivity index (χ4n) is 2.96. The molecule has 1 fully saturated rings. The van der Waals surface area contributed by atoms with Crippen molar-refractivity contribution in [3.8, 4) is 10.6 Å². The fourth-order valence-corrected chi connectivity index (χ4v) is 4.63. The SMILES string of the molecule is Cc1nc(-c2ccsc2)sc1C(=O)Nc1cccc(C2(C)NC(=O)NC2=O)c1. The van der Waals surface area contributed by atoms with Crippen molar-refractivity contribution in [1.82, 2.24) is 15.6 Å². The maximum atomic E-state index is 12.8. The number of carbonyl (C=O) groups is 3. The molecule has 1 atom stereocenters. The molecule has 1 aliphatic heterocycles. The van der Waals surface area contributed by atoms with Crippen molar-refractivity contribution in [3.05, 3.63) is 57.2 Å². The predicted octanol–water partition coefficient (Wildman–Crippen LogP) is 3.49. The van der Waals surface area contributed by atoms with Gasteiger partial charge in [-0.05, 0) is 43.0 Å². The van der Waals surface area contributed by atoms with Crippen molar-refractivity contribution in [1.29, 1.82) is 0 Å². The van der Waals surface area contributed by atoms with Gasteiger partial charge in [0, 0.05) is 16.6 Å². The van der Waals surface area contributed by atoms with Crippen LogP contribution in [0, 0.1) is 6.92 Å². The summed E-state index contributed by atoms with van der Waals surface area (Å²) in [5.74, 6) is -0.696. The van der Waals surface area contributed by atoms with Crippen molar-refractivity contribution in [3.63, 3.8) is 0 Å². The monoisotopic (exact) mass is 412 g/mol. The minimum absolute atomic E-state index is 0.265. The summed E-state index contributed by atoms with van der Waals surface area (Å²) in [7, 11) is 0. The minimum Gasteiger partial charge on any atom is -0.321 e. The number of imide groups is 1. The first-order valence-corrected chi connectivity index (χ1v) is 10.2. The van der Waals surface area contributed by atoms with Crippen LogP contribution in [-0.4, -0.2) is 22.8 Å². The zero-order chi connectivity index (χ0) is 19.9. The molecule has 9 heteroatoms. The second-order valence-electron chi connectivity index (χ2n) is 6.51. The summed E-state index contributed by atoms with van der Waals surface area (Å²) in [5.41, 5.74) is 1.59. The topological polar surface area (TPSA) is 100 Å². The van der Waals surface area contributed by atoms with E-state index in [1.165, 1.54) is 11.3 Å². The number of nitrogens with zero attached hydrogens (tertiary/aromatic N) is 1. The number of amides is 4. The largest absolute Gasteiger partial charge is 0.322 e. The van der Waals surface area contributed by atoms with Gasteiger partial charge in [-0.1, -0.05) is 12.1 Å². The van der Waals surface area contributed by atoms with Crippen LogP contribution in [0.15, 0.2) is 41.1 Å². The van der Waals surface area contributed by atoms with Crippen LogP contribution in [0.4, 0.5) is 10.5 Å². The molecule has 4 rings (SSSR count). The number of aryl methyl sites for hydroxylation is 1. The van der Waals surface area contributed by atoms with Gasteiger partial charge in [-0.3, -0.25) is 14.9 Å². The number of rotatable bonds is 4. The highest BCUT2D eigenvalue weighted by Gasteiger charge is 2.43. The van der Waals surface area contributed by atoms with Crippen LogP contribution in [-0.2, 0) is 10.3 Å². The fraction of sp³-hybridized carbons (Fsp3) is 0.158. The van der Waals surface area contributed by atoms with Gasteiger partial charge in [0.15, 0.2) is 0 Å². The van der Waals surface area contributed by atoms with Crippen LogP contribution in [0.2, 0.25) is 0 Å². The van der Waals surface area contributed by atoms with Crippen molar-refractivity contribution >= 4 is 46.2 Å². The Hall–Kier alpha value is -3.04. The average molecular weight is 412 g/mol. The van der Waals surface area contributed by atoms with Gasteiger partial charge < -0.3 is 10.6 Å². The second kappa shape index (κ2) is 6.84. The summed E-state index contributed by atoms with van der Waals surface area (Å²) >= 11 is 2.91. The molecule has 7 nitrogen and oxygen atoms in total. The molecule has 28 heavy (non-hydrogen) atoms. The molecule has 4 amide bonds. The molecule has 0 spiro atoms. The van der Waals surface area contributed by atoms with Gasteiger partial charge in [0.1, 0.15) is 15.4 Å². The Morgan fingerprint density at radius 3 is 2.75 bits per heavy atom. The lowest BCUT2D eigenvalue weighted by Crippen LogP contribution is -2.40. The van der Waals surface area contributed by atoms with E-state index in [0.717, 1.165) is 10.6 Å². The van der Waals surface area contributed by atoms with Crippen LogP contribution in [0.3, 0.4) is 0 Å². The van der Waals surface area contributed by atoms with Gasteiger partial charge in [0.25, 0.3) is 11.8 Å². The van der Waals surface area contributed by atoms with E-state index in [4.69, 9.17) is 0 Å². The highest BCUT2D eigenvalue weighted by molar-refractivity contribution is 7.17.